The highest BCUT2D eigenvalue weighted by molar-refractivity contribution is 7.89. The molecular formula is C10H19N3O3S. The second kappa shape index (κ2) is 5.61. The summed E-state index contributed by atoms with van der Waals surface area (Å²) in [6, 6.07) is 0. The van der Waals surface area contributed by atoms with Crippen LogP contribution >= 0.6 is 0 Å². The second-order valence-electron chi connectivity index (χ2n) is 4.75. The summed E-state index contributed by atoms with van der Waals surface area (Å²) in [4.78, 5) is 0.135. The lowest BCUT2D eigenvalue weighted by Gasteiger charge is -2.24. The van der Waals surface area contributed by atoms with Gasteiger partial charge in [0.05, 0.1) is 6.20 Å². The van der Waals surface area contributed by atoms with Crippen LogP contribution in [0.4, 0.5) is 0 Å². The molecule has 1 aromatic heterocycles. The molecule has 6 nitrogen and oxygen atoms in total. The van der Waals surface area contributed by atoms with E-state index in [0.717, 1.165) is 6.42 Å². The van der Waals surface area contributed by atoms with E-state index in [9.17, 15) is 8.42 Å². The minimum Gasteiger partial charge on any atom is -0.396 e. The van der Waals surface area contributed by atoms with Crippen LogP contribution in [0.5, 0.6) is 0 Å². The number of hydrogen-bond acceptors (Lipinski definition) is 4. The summed E-state index contributed by atoms with van der Waals surface area (Å²) >= 11 is 0. The number of nitrogens with one attached hydrogen (secondary N) is 2. The Morgan fingerprint density at radius 1 is 1.53 bits per heavy atom. The number of aromatic nitrogens is 2. The molecule has 0 fully saturated rings. The van der Waals surface area contributed by atoms with E-state index in [4.69, 9.17) is 5.11 Å². The predicted octanol–water partition coefficient (Wildman–Crippen LogP) is 0.487. The van der Waals surface area contributed by atoms with Crippen molar-refractivity contribution in [3.05, 3.63) is 12.4 Å². The Morgan fingerprint density at radius 3 is 2.76 bits per heavy atom. The fourth-order valence-corrected chi connectivity index (χ4v) is 2.55. The molecule has 0 bridgehead atoms. The number of nitrogens with zero attached hydrogens (tertiary/aromatic N) is 1. The van der Waals surface area contributed by atoms with Crippen molar-refractivity contribution in [3.8, 4) is 0 Å². The van der Waals surface area contributed by atoms with Gasteiger partial charge in [0, 0.05) is 19.3 Å². The fourth-order valence-electron chi connectivity index (χ4n) is 1.41. The normalized spacial score (nSPS) is 12.9. The van der Waals surface area contributed by atoms with Crippen molar-refractivity contribution in [2.75, 3.05) is 13.2 Å². The third-order valence-corrected chi connectivity index (χ3v) is 3.90. The van der Waals surface area contributed by atoms with Gasteiger partial charge in [-0.3, -0.25) is 5.10 Å². The first-order valence-electron chi connectivity index (χ1n) is 5.47. The van der Waals surface area contributed by atoms with Gasteiger partial charge in [-0.1, -0.05) is 13.8 Å². The molecule has 0 saturated heterocycles. The first-order valence-corrected chi connectivity index (χ1v) is 6.95. The van der Waals surface area contributed by atoms with Crippen LogP contribution in [-0.2, 0) is 10.0 Å². The summed E-state index contributed by atoms with van der Waals surface area (Å²) in [6.45, 7) is 4.37. The molecule has 1 heterocycles. The van der Waals surface area contributed by atoms with Gasteiger partial charge in [-0.05, 0) is 18.3 Å². The van der Waals surface area contributed by atoms with Crippen LogP contribution in [0.2, 0.25) is 0 Å². The minimum absolute atomic E-state index is 0.123. The summed E-state index contributed by atoms with van der Waals surface area (Å²) in [5.74, 6) is 0. The minimum atomic E-state index is -3.48. The first-order chi connectivity index (χ1) is 7.87. The lowest BCUT2D eigenvalue weighted by atomic mass is 9.88. The van der Waals surface area contributed by atoms with E-state index in [1.165, 1.54) is 12.4 Å². The molecule has 7 heteroatoms. The van der Waals surface area contributed by atoms with Crippen molar-refractivity contribution in [1.29, 1.82) is 0 Å². The van der Waals surface area contributed by atoms with E-state index in [1.54, 1.807) is 0 Å². The maximum Gasteiger partial charge on any atom is 0.243 e. The zero-order chi connectivity index (χ0) is 12.9. The molecule has 1 rings (SSSR count). The van der Waals surface area contributed by atoms with Crippen LogP contribution in [0.3, 0.4) is 0 Å². The second-order valence-corrected chi connectivity index (χ2v) is 6.52. The number of H-pyrrole nitrogens is 1. The van der Waals surface area contributed by atoms with Gasteiger partial charge in [0.25, 0.3) is 0 Å². The van der Waals surface area contributed by atoms with Crippen molar-refractivity contribution in [1.82, 2.24) is 14.9 Å². The highest BCUT2D eigenvalue weighted by Gasteiger charge is 2.22. The Kier molecular flexibility index (Phi) is 4.67. The molecule has 0 spiro atoms. The average Bonchev–Trinajstić information content (AvgIpc) is 2.78. The van der Waals surface area contributed by atoms with E-state index in [1.807, 2.05) is 13.8 Å². The Hall–Kier alpha value is -0.920. The van der Waals surface area contributed by atoms with Crippen molar-refractivity contribution in [2.24, 2.45) is 5.41 Å². The number of sulfonamides is 1. The topological polar surface area (TPSA) is 95.1 Å². The van der Waals surface area contributed by atoms with Crippen LogP contribution in [0.25, 0.3) is 0 Å². The van der Waals surface area contributed by atoms with Gasteiger partial charge in [-0.25, -0.2) is 13.1 Å². The molecule has 0 aliphatic carbocycles. The number of aliphatic hydroxyl groups is 1. The molecule has 0 radical (unpaired) electrons. The molecule has 0 aliphatic rings. The lowest BCUT2D eigenvalue weighted by molar-refractivity contribution is 0.242. The van der Waals surface area contributed by atoms with Gasteiger partial charge in [-0.2, -0.15) is 5.10 Å². The molecule has 0 aliphatic heterocycles. The zero-order valence-electron chi connectivity index (χ0n) is 10.1. The Morgan fingerprint density at radius 2 is 2.24 bits per heavy atom. The van der Waals surface area contributed by atoms with E-state index in [2.05, 4.69) is 14.9 Å². The fraction of sp³-hybridized carbons (Fsp3) is 0.700. The van der Waals surface area contributed by atoms with Crippen molar-refractivity contribution in [2.45, 2.75) is 31.6 Å². The van der Waals surface area contributed by atoms with Gasteiger partial charge in [0.15, 0.2) is 0 Å². The largest absolute Gasteiger partial charge is 0.396 e. The van der Waals surface area contributed by atoms with Crippen LogP contribution < -0.4 is 4.72 Å². The van der Waals surface area contributed by atoms with Gasteiger partial charge < -0.3 is 5.11 Å². The molecule has 0 aromatic carbocycles. The standard InChI is InChI=1S/C10H19N3O3S/c1-10(2,4-3-5-14)8-13-17(15,16)9-6-11-12-7-9/h6-7,13-14H,3-5,8H2,1-2H3,(H,11,12). The van der Waals surface area contributed by atoms with Crippen molar-refractivity contribution >= 4 is 10.0 Å². The third kappa shape index (κ3) is 4.45. The summed E-state index contributed by atoms with van der Waals surface area (Å²) in [6.07, 6.45) is 4.03. The Balaban J connectivity index is 2.56. The third-order valence-electron chi connectivity index (χ3n) is 2.54. The van der Waals surface area contributed by atoms with Crippen LogP contribution in [0.1, 0.15) is 26.7 Å². The van der Waals surface area contributed by atoms with Gasteiger partial charge in [0.2, 0.25) is 10.0 Å². The van der Waals surface area contributed by atoms with Crippen molar-refractivity contribution in [3.63, 3.8) is 0 Å². The SMILES string of the molecule is CC(C)(CCCO)CNS(=O)(=O)c1cn[nH]c1. The molecule has 0 unspecified atom stereocenters. The maximum absolute atomic E-state index is 11.8. The van der Waals surface area contributed by atoms with E-state index in [0.29, 0.717) is 13.0 Å². The number of hydrogen-bond donors (Lipinski definition) is 3. The Bertz CT molecular complexity index is 426. The summed E-state index contributed by atoms with van der Waals surface area (Å²) in [5.41, 5.74) is -0.181. The lowest BCUT2D eigenvalue weighted by Crippen LogP contribution is -2.34. The molecule has 0 amide bonds. The quantitative estimate of drug-likeness (QED) is 0.665. The number of aromatic amines is 1. The highest BCUT2D eigenvalue weighted by atomic mass is 32.2. The molecule has 0 atom stereocenters. The highest BCUT2D eigenvalue weighted by Crippen LogP contribution is 2.21. The van der Waals surface area contributed by atoms with Crippen LogP contribution in [0, 0.1) is 5.41 Å². The Labute approximate surface area is 101 Å². The molecular weight excluding hydrogens is 242 g/mol. The maximum atomic E-state index is 11.8. The number of aliphatic hydroxyl groups excluding tert-OH is 1. The average molecular weight is 261 g/mol. The molecule has 98 valence electrons. The predicted molar refractivity (Wildman–Crippen MR) is 63.9 cm³/mol. The molecule has 0 saturated carbocycles. The smallest absolute Gasteiger partial charge is 0.243 e. The molecule has 17 heavy (non-hydrogen) atoms. The van der Waals surface area contributed by atoms with E-state index < -0.39 is 10.0 Å². The van der Waals surface area contributed by atoms with E-state index >= 15 is 0 Å². The van der Waals surface area contributed by atoms with Gasteiger partial charge >= 0.3 is 0 Å². The van der Waals surface area contributed by atoms with Gasteiger partial charge in [0.1, 0.15) is 4.90 Å². The zero-order valence-corrected chi connectivity index (χ0v) is 10.9. The van der Waals surface area contributed by atoms with Crippen LogP contribution in [0.15, 0.2) is 17.3 Å². The van der Waals surface area contributed by atoms with Crippen molar-refractivity contribution < 1.29 is 13.5 Å². The monoisotopic (exact) mass is 261 g/mol. The summed E-state index contributed by atoms with van der Waals surface area (Å²) < 4.78 is 26.1. The first kappa shape index (κ1) is 14.1. The summed E-state index contributed by atoms with van der Waals surface area (Å²) in [5, 5.41) is 14.8. The molecule has 1 aromatic rings. The van der Waals surface area contributed by atoms with Gasteiger partial charge in [-0.15, -0.1) is 0 Å². The summed E-state index contributed by atoms with van der Waals surface area (Å²) in [7, 11) is -3.48. The van der Waals surface area contributed by atoms with E-state index in [-0.39, 0.29) is 16.9 Å². The molecule has 3 N–H and O–H groups in total. The van der Waals surface area contributed by atoms with Crippen LogP contribution in [-0.4, -0.2) is 36.9 Å². The number of rotatable bonds is 7.